The summed E-state index contributed by atoms with van der Waals surface area (Å²) in [4.78, 5) is 4.27. The van der Waals surface area contributed by atoms with Crippen LogP contribution in [0.2, 0.25) is 0 Å². The van der Waals surface area contributed by atoms with Gasteiger partial charge in [0.25, 0.3) is 0 Å². The van der Waals surface area contributed by atoms with Crippen molar-refractivity contribution in [3.05, 3.63) is 54.0 Å². The monoisotopic (exact) mass is 312 g/mol. The van der Waals surface area contributed by atoms with Crippen molar-refractivity contribution in [2.24, 2.45) is 0 Å². The number of ether oxygens (including phenoxy) is 1. The smallest absolute Gasteiger partial charge is 0.181 e. The molecule has 1 aliphatic carbocycles. The van der Waals surface area contributed by atoms with Gasteiger partial charge in [-0.25, -0.2) is 9.67 Å². The van der Waals surface area contributed by atoms with Crippen LogP contribution in [-0.4, -0.2) is 25.1 Å². The number of aromatic hydroxyl groups is 1. The molecular formula is C16H16N4O3. The highest BCUT2D eigenvalue weighted by Crippen LogP contribution is 2.41. The molecule has 1 aromatic carbocycles. The fourth-order valence-electron chi connectivity index (χ4n) is 2.44. The van der Waals surface area contributed by atoms with E-state index in [2.05, 4.69) is 15.3 Å². The lowest BCUT2D eigenvalue weighted by molar-refractivity contribution is 0.299. The van der Waals surface area contributed by atoms with E-state index in [0.29, 0.717) is 23.9 Å². The van der Waals surface area contributed by atoms with Crippen LogP contribution in [-0.2, 0) is 13.2 Å². The fourth-order valence-corrected chi connectivity index (χ4v) is 2.44. The number of hydrogen-bond acceptors (Lipinski definition) is 6. The largest absolute Gasteiger partial charge is 0.508 e. The summed E-state index contributed by atoms with van der Waals surface area (Å²) in [6, 6.07) is 6.66. The lowest BCUT2D eigenvalue weighted by atomic mass is 10.2. The Morgan fingerprint density at radius 2 is 2.26 bits per heavy atom. The van der Waals surface area contributed by atoms with Crippen LogP contribution in [0.4, 0.5) is 0 Å². The first kappa shape index (κ1) is 13.8. The third-order valence-electron chi connectivity index (χ3n) is 3.72. The normalized spacial score (nSPS) is 14.1. The first-order valence-electron chi connectivity index (χ1n) is 7.51. The molecular weight excluding hydrogens is 296 g/mol. The molecule has 0 unspecified atom stereocenters. The molecule has 23 heavy (non-hydrogen) atoms. The van der Waals surface area contributed by atoms with Gasteiger partial charge in [-0.3, -0.25) is 0 Å². The fraction of sp³-hybridized carbons (Fsp3) is 0.312. The summed E-state index contributed by atoms with van der Waals surface area (Å²) in [6.45, 7) is 0.833. The van der Waals surface area contributed by atoms with Crippen molar-refractivity contribution in [1.82, 2.24) is 20.0 Å². The van der Waals surface area contributed by atoms with Crippen molar-refractivity contribution >= 4 is 0 Å². The van der Waals surface area contributed by atoms with Crippen LogP contribution in [0.25, 0.3) is 0 Å². The summed E-state index contributed by atoms with van der Waals surface area (Å²) in [7, 11) is 0. The molecule has 0 aliphatic heterocycles. The highest BCUT2D eigenvalue weighted by molar-refractivity contribution is 5.31. The molecule has 7 heteroatoms. The molecule has 1 aliphatic rings. The molecule has 7 nitrogen and oxygen atoms in total. The van der Waals surface area contributed by atoms with E-state index < -0.39 is 0 Å². The second-order valence-corrected chi connectivity index (χ2v) is 5.63. The maximum Gasteiger partial charge on any atom is 0.181 e. The van der Waals surface area contributed by atoms with Gasteiger partial charge < -0.3 is 14.3 Å². The second-order valence-electron chi connectivity index (χ2n) is 5.63. The van der Waals surface area contributed by atoms with Crippen molar-refractivity contribution in [3.63, 3.8) is 0 Å². The van der Waals surface area contributed by atoms with Gasteiger partial charge in [0.2, 0.25) is 0 Å². The van der Waals surface area contributed by atoms with E-state index in [1.54, 1.807) is 28.9 Å². The minimum Gasteiger partial charge on any atom is -0.508 e. The van der Waals surface area contributed by atoms with Crippen LogP contribution in [0.1, 0.15) is 35.9 Å². The van der Waals surface area contributed by atoms with Crippen molar-refractivity contribution in [3.8, 4) is 11.5 Å². The number of hydrogen-bond donors (Lipinski definition) is 1. The average molecular weight is 312 g/mol. The number of benzene rings is 1. The molecule has 0 amide bonds. The molecule has 2 heterocycles. The molecule has 4 rings (SSSR count). The van der Waals surface area contributed by atoms with Crippen LogP contribution in [0, 0.1) is 0 Å². The van der Waals surface area contributed by atoms with E-state index in [0.717, 1.165) is 11.5 Å². The number of aromatic nitrogens is 4. The first-order chi connectivity index (χ1) is 11.3. The van der Waals surface area contributed by atoms with Crippen molar-refractivity contribution in [2.75, 3.05) is 0 Å². The number of nitrogens with zero attached hydrogens (tertiary/aromatic N) is 4. The van der Waals surface area contributed by atoms with Crippen molar-refractivity contribution in [1.29, 1.82) is 0 Å². The van der Waals surface area contributed by atoms with E-state index in [1.165, 1.54) is 19.2 Å². The summed E-state index contributed by atoms with van der Waals surface area (Å²) >= 11 is 0. The predicted octanol–water partition coefficient (Wildman–Crippen LogP) is 2.48. The van der Waals surface area contributed by atoms with E-state index in [9.17, 15) is 5.11 Å². The maximum absolute atomic E-state index is 9.41. The predicted molar refractivity (Wildman–Crippen MR) is 80.0 cm³/mol. The molecule has 2 aromatic heterocycles. The molecule has 118 valence electrons. The molecule has 1 fully saturated rings. The van der Waals surface area contributed by atoms with Gasteiger partial charge in [0.15, 0.2) is 6.39 Å². The average Bonchev–Trinajstić information content (AvgIpc) is 3.12. The zero-order valence-electron chi connectivity index (χ0n) is 12.4. The van der Waals surface area contributed by atoms with Crippen LogP contribution in [0.15, 0.2) is 41.3 Å². The molecule has 0 bridgehead atoms. The van der Waals surface area contributed by atoms with E-state index in [-0.39, 0.29) is 12.4 Å². The summed E-state index contributed by atoms with van der Waals surface area (Å²) in [6.07, 6.45) is 5.66. The van der Waals surface area contributed by atoms with Gasteiger partial charge in [0.1, 0.15) is 35.3 Å². The number of phenols is 1. The SMILES string of the molecule is Oc1cccc(OCc2cn(Cc3ncoc3C3CC3)nn2)c1. The van der Waals surface area contributed by atoms with Gasteiger partial charge in [-0.05, 0) is 25.0 Å². The minimum absolute atomic E-state index is 0.171. The highest BCUT2D eigenvalue weighted by Gasteiger charge is 2.30. The zero-order chi connectivity index (χ0) is 15.6. The lowest BCUT2D eigenvalue weighted by Crippen LogP contribution is -2.03. The summed E-state index contributed by atoms with van der Waals surface area (Å²) < 4.78 is 12.8. The molecule has 3 aromatic rings. The summed E-state index contributed by atoms with van der Waals surface area (Å²) in [5.74, 6) is 2.25. The van der Waals surface area contributed by atoms with Crippen LogP contribution < -0.4 is 4.74 Å². The van der Waals surface area contributed by atoms with Gasteiger partial charge in [0, 0.05) is 12.0 Å². The standard InChI is InChI=1S/C16H16N4O3/c21-13-2-1-3-14(6-13)22-9-12-7-20(19-18-12)8-15-16(11-4-5-11)23-10-17-15/h1-3,6-7,10-11,21H,4-5,8-9H2. The second kappa shape index (κ2) is 5.75. The molecule has 0 saturated heterocycles. The highest BCUT2D eigenvalue weighted by atomic mass is 16.5. The van der Waals surface area contributed by atoms with Crippen LogP contribution in [0.3, 0.4) is 0 Å². The minimum atomic E-state index is 0.171. The van der Waals surface area contributed by atoms with E-state index in [4.69, 9.17) is 9.15 Å². The third kappa shape index (κ3) is 3.18. The number of oxazole rings is 1. The Kier molecular flexibility index (Phi) is 3.45. The summed E-state index contributed by atoms with van der Waals surface area (Å²) in [5.41, 5.74) is 1.63. The molecule has 0 atom stereocenters. The Labute approximate surface area is 132 Å². The Balaban J connectivity index is 1.39. The van der Waals surface area contributed by atoms with Crippen molar-refractivity contribution in [2.45, 2.75) is 31.9 Å². The number of rotatable bonds is 6. The van der Waals surface area contributed by atoms with E-state index >= 15 is 0 Å². The van der Waals surface area contributed by atoms with Gasteiger partial charge in [-0.15, -0.1) is 5.10 Å². The Morgan fingerprint density at radius 3 is 3.09 bits per heavy atom. The quantitative estimate of drug-likeness (QED) is 0.752. The Bertz CT molecular complexity index is 807. The summed E-state index contributed by atoms with van der Waals surface area (Å²) in [5, 5.41) is 17.6. The topological polar surface area (TPSA) is 86.2 Å². The number of phenolic OH excluding ortho intramolecular Hbond substituents is 1. The third-order valence-corrected chi connectivity index (χ3v) is 3.72. The van der Waals surface area contributed by atoms with Crippen LogP contribution in [0.5, 0.6) is 11.5 Å². The van der Waals surface area contributed by atoms with Gasteiger partial charge in [0.05, 0.1) is 12.7 Å². The molecule has 1 saturated carbocycles. The Hall–Kier alpha value is -2.83. The van der Waals surface area contributed by atoms with Crippen molar-refractivity contribution < 1.29 is 14.3 Å². The maximum atomic E-state index is 9.41. The van der Waals surface area contributed by atoms with Gasteiger partial charge >= 0.3 is 0 Å². The van der Waals surface area contributed by atoms with Gasteiger partial charge in [-0.2, -0.15) is 0 Å². The lowest BCUT2D eigenvalue weighted by Gasteiger charge is -2.03. The van der Waals surface area contributed by atoms with E-state index in [1.807, 2.05) is 6.20 Å². The van der Waals surface area contributed by atoms with Gasteiger partial charge in [-0.1, -0.05) is 11.3 Å². The molecule has 0 radical (unpaired) electrons. The van der Waals surface area contributed by atoms with Crippen LogP contribution >= 0.6 is 0 Å². The molecule has 0 spiro atoms. The Morgan fingerprint density at radius 1 is 1.35 bits per heavy atom. The molecule has 1 N–H and O–H groups in total. The first-order valence-corrected chi connectivity index (χ1v) is 7.51. The zero-order valence-corrected chi connectivity index (χ0v) is 12.4.